The quantitative estimate of drug-likeness (QED) is 0.833. The Hall–Kier alpha value is -1.44. The van der Waals surface area contributed by atoms with Gasteiger partial charge in [-0.25, -0.2) is 0 Å². The van der Waals surface area contributed by atoms with E-state index in [-0.39, 0.29) is 5.75 Å². The van der Waals surface area contributed by atoms with Gasteiger partial charge < -0.3 is 5.11 Å². The van der Waals surface area contributed by atoms with Crippen LogP contribution < -0.4 is 0 Å². The van der Waals surface area contributed by atoms with Gasteiger partial charge in [-0.05, 0) is 52.0 Å². The van der Waals surface area contributed by atoms with E-state index in [9.17, 15) is 5.11 Å². The van der Waals surface area contributed by atoms with E-state index in [0.717, 1.165) is 10.5 Å². The first-order valence-corrected chi connectivity index (χ1v) is 7.24. The zero-order valence-corrected chi connectivity index (χ0v) is 12.0. The van der Waals surface area contributed by atoms with Crippen LogP contribution in [0.3, 0.4) is 0 Å². The largest absolute Gasteiger partial charge is 0.506 e. The van der Waals surface area contributed by atoms with Crippen molar-refractivity contribution < 1.29 is 5.11 Å². The summed E-state index contributed by atoms with van der Waals surface area (Å²) in [6, 6.07) is 13.2. The summed E-state index contributed by atoms with van der Waals surface area (Å²) >= 11 is 4.92. The first-order valence-electron chi connectivity index (χ1n) is 5.22. The zero-order valence-electron chi connectivity index (χ0n) is 9.64. The molecule has 2 aromatic rings. The van der Waals surface area contributed by atoms with Gasteiger partial charge in [-0.3, -0.25) is 0 Å². The molecule has 0 aliphatic rings. The number of halogens is 1. The van der Waals surface area contributed by atoms with Gasteiger partial charge >= 0.3 is 0 Å². The first kappa shape index (κ1) is 13.0. The molecular weight excluding hydrogens is 310 g/mol. The van der Waals surface area contributed by atoms with Crippen molar-refractivity contribution in [3.05, 3.63) is 46.4 Å². The third kappa shape index (κ3) is 2.53. The third-order valence-corrected chi connectivity index (χ3v) is 3.94. The lowest BCUT2D eigenvalue weighted by Crippen LogP contribution is -1.84. The van der Waals surface area contributed by atoms with Gasteiger partial charge in [0.1, 0.15) is 5.75 Å². The Labute approximate surface area is 118 Å². The van der Waals surface area contributed by atoms with Crippen LogP contribution in [0.25, 0.3) is 11.1 Å². The molecule has 2 nitrogen and oxygen atoms in total. The summed E-state index contributed by atoms with van der Waals surface area (Å²) in [5, 5.41) is 19.0. The van der Waals surface area contributed by atoms with Gasteiger partial charge in [0.2, 0.25) is 0 Å². The van der Waals surface area contributed by atoms with Gasteiger partial charge in [0, 0.05) is 10.5 Å². The average Bonchev–Trinajstić information content (AvgIpc) is 2.42. The summed E-state index contributed by atoms with van der Waals surface area (Å²) in [5.41, 5.74) is 2.07. The molecule has 0 bridgehead atoms. The molecule has 0 spiro atoms. The van der Waals surface area contributed by atoms with E-state index in [1.807, 2.05) is 30.5 Å². The normalized spacial score (nSPS) is 10.1. The fraction of sp³-hybridized carbons (Fsp3) is 0.0714. The molecule has 0 saturated heterocycles. The molecule has 0 atom stereocenters. The Morgan fingerprint density at radius 3 is 2.44 bits per heavy atom. The highest BCUT2D eigenvalue weighted by Gasteiger charge is 2.10. The van der Waals surface area contributed by atoms with Crippen molar-refractivity contribution >= 4 is 27.7 Å². The van der Waals surface area contributed by atoms with Crippen molar-refractivity contribution in [1.82, 2.24) is 0 Å². The van der Waals surface area contributed by atoms with E-state index >= 15 is 0 Å². The van der Waals surface area contributed by atoms with Crippen LogP contribution in [0.4, 0.5) is 0 Å². The van der Waals surface area contributed by atoms with Crippen LogP contribution in [0.5, 0.6) is 5.75 Å². The van der Waals surface area contributed by atoms with E-state index in [0.29, 0.717) is 15.6 Å². The van der Waals surface area contributed by atoms with E-state index in [4.69, 9.17) is 5.26 Å². The highest BCUT2D eigenvalue weighted by Crippen LogP contribution is 2.37. The standard InChI is InChI=1S/C14H10BrNOS/c1-18-11-4-2-10(3-5-11)12-6-9(8-16)7-13(15)14(12)17/h2-7,17H,1H3. The van der Waals surface area contributed by atoms with Crippen LogP contribution >= 0.6 is 27.7 Å². The van der Waals surface area contributed by atoms with Crippen LogP contribution in [0.1, 0.15) is 5.56 Å². The topological polar surface area (TPSA) is 44.0 Å². The maximum absolute atomic E-state index is 10.0. The molecule has 2 rings (SSSR count). The Balaban J connectivity index is 2.55. The molecule has 0 aliphatic heterocycles. The van der Waals surface area contributed by atoms with Gasteiger partial charge in [0.25, 0.3) is 0 Å². The van der Waals surface area contributed by atoms with Crippen molar-refractivity contribution in [2.45, 2.75) is 4.90 Å². The van der Waals surface area contributed by atoms with E-state index in [2.05, 4.69) is 22.0 Å². The summed E-state index contributed by atoms with van der Waals surface area (Å²) in [4.78, 5) is 1.16. The first-order chi connectivity index (χ1) is 8.65. The lowest BCUT2D eigenvalue weighted by Gasteiger charge is -2.08. The van der Waals surface area contributed by atoms with Crippen LogP contribution in [-0.4, -0.2) is 11.4 Å². The Morgan fingerprint density at radius 1 is 1.22 bits per heavy atom. The molecule has 18 heavy (non-hydrogen) atoms. The van der Waals surface area contributed by atoms with Gasteiger partial charge in [-0.1, -0.05) is 12.1 Å². The number of nitriles is 1. The second-order valence-corrected chi connectivity index (χ2v) is 5.43. The van der Waals surface area contributed by atoms with E-state index in [1.54, 1.807) is 23.9 Å². The minimum absolute atomic E-state index is 0.158. The third-order valence-electron chi connectivity index (χ3n) is 2.59. The Bertz CT molecular complexity index is 617. The smallest absolute Gasteiger partial charge is 0.137 e. The molecule has 0 fully saturated rings. The highest BCUT2D eigenvalue weighted by molar-refractivity contribution is 9.10. The van der Waals surface area contributed by atoms with Crippen LogP contribution in [0.2, 0.25) is 0 Å². The molecule has 0 amide bonds. The predicted molar refractivity (Wildman–Crippen MR) is 77.7 cm³/mol. The number of benzene rings is 2. The van der Waals surface area contributed by atoms with Gasteiger partial charge in [0.05, 0.1) is 16.1 Å². The van der Waals surface area contributed by atoms with E-state index in [1.165, 1.54) is 0 Å². The molecule has 0 heterocycles. The maximum atomic E-state index is 10.0. The number of thioether (sulfide) groups is 1. The fourth-order valence-electron chi connectivity index (χ4n) is 1.65. The van der Waals surface area contributed by atoms with Crippen molar-refractivity contribution in [3.63, 3.8) is 0 Å². The number of phenols is 1. The SMILES string of the molecule is CSc1ccc(-c2cc(C#N)cc(Br)c2O)cc1. The number of rotatable bonds is 2. The molecule has 0 saturated carbocycles. The highest BCUT2D eigenvalue weighted by atomic mass is 79.9. The second kappa shape index (κ2) is 5.47. The molecule has 1 N–H and O–H groups in total. The fourth-order valence-corrected chi connectivity index (χ4v) is 2.52. The summed E-state index contributed by atoms with van der Waals surface area (Å²) in [6.07, 6.45) is 2.01. The summed E-state index contributed by atoms with van der Waals surface area (Å²) in [7, 11) is 0. The summed E-state index contributed by atoms with van der Waals surface area (Å²) in [5.74, 6) is 0.158. The number of phenolic OH excluding ortho intramolecular Hbond substituents is 1. The monoisotopic (exact) mass is 319 g/mol. The number of nitrogens with zero attached hydrogens (tertiary/aromatic N) is 1. The molecule has 0 aromatic heterocycles. The van der Waals surface area contributed by atoms with Crippen molar-refractivity contribution in [1.29, 1.82) is 5.26 Å². The van der Waals surface area contributed by atoms with Crippen molar-refractivity contribution in [2.75, 3.05) is 6.26 Å². The van der Waals surface area contributed by atoms with Crippen LogP contribution in [0, 0.1) is 11.3 Å². The number of hydrogen-bond donors (Lipinski definition) is 1. The molecule has 4 heteroatoms. The second-order valence-electron chi connectivity index (χ2n) is 3.69. The summed E-state index contributed by atoms with van der Waals surface area (Å²) < 4.78 is 0.533. The van der Waals surface area contributed by atoms with Crippen molar-refractivity contribution in [3.8, 4) is 22.9 Å². The minimum Gasteiger partial charge on any atom is -0.506 e. The molecule has 90 valence electrons. The number of aromatic hydroxyl groups is 1. The molecular formula is C14H10BrNOS. The van der Waals surface area contributed by atoms with Gasteiger partial charge in [-0.2, -0.15) is 5.26 Å². The van der Waals surface area contributed by atoms with Gasteiger partial charge in [-0.15, -0.1) is 11.8 Å². The predicted octanol–water partition coefficient (Wildman–Crippen LogP) is 4.42. The van der Waals surface area contributed by atoms with E-state index < -0.39 is 0 Å². The van der Waals surface area contributed by atoms with Crippen LogP contribution in [-0.2, 0) is 0 Å². The Kier molecular flexibility index (Phi) is 3.95. The summed E-state index contributed by atoms with van der Waals surface area (Å²) in [6.45, 7) is 0. The lowest BCUT2D eigenvalue weighted by atomic mass is 10.0. The van der Waals surface area contributed by atoms with Crippen LogP contribution in [0.15, 0.2) is 45.8 Å². The lowest BCUT2D eigenvalue weighted by molar-refractivity contribution is 0.474. The van der Waals surface area contributed by atoms with Gasteiger partial charge in [0.15, 0.2) is 0 Å². The molecule has 2 aromatic carbocycles. The maximum Gasteiger partial charge on any atom is 0.137 e. The number of hydrogen-bond acceptors (Lipinski definition) is 3. The van der Waals surface area contributed by atoms with Crippen molar-refractivity contribution in [2.24, 2.45) is 0 Å². The minimum atomic E-state index is 0.158. The molecule has 0 aliphatic carbocycles. The zero-order chi connectivity index (χ0) is 13.1. The Morgan fingerprint density at radius 2 is 1.89 bits per heavy atom. The molecule has 0 radical (unpaired) electrons. The average molecular weight is 320 g/mol. The molecule has 0 unspecified atom stereocenters.